The van der Waals surface area contributed by atoms with Gasteiger partial charge in [-0.05, 0) is 31.0 Å². The second-order valence-corrected chi connectivity index (χ2v) is 6.38. The minimum absolute atomic E-state index is 0.115. The quantitative estimate of drug-likeness (QED) is 0.856. The van der Waals surface area contributed by atoms with Crippen molar-refractivity contribution >= 4 is 6.03 Å². The lowest BCUT2D eigenvalue weighted by Gasteiger charge is -2.27. The van der Waals surface area contributed by atoms with Crippen molar-refractivity contribution in [3.8, 4) is 11.5 Å². The smallest absolute Gasteiger partial charge is 0.318 e. The maximum Gasteiger partial charge on any atom is 0.318 e. The summed E-state index contributed by atoms with van der Waals surface area (Å²) in [6, 6.07) is 7.35. The molecule has 2 aromatic rings. The largest absolute Gasteiger partial charge is 0.486 e. The van der Waals surface area contributed by atoms with Gasteiger partial charge in [-0.2, -0.15) is 0 Å². The molecule has 0 fully saturated rings. The number of fused-ring (bicyclic) bond motifs is 1. The summed E-state index contributed by atoms with van der Waals surface area (Å²) in [5.74, 6) is 2.12. The molecule has 2 heterocycles. The number of hydrogen-bond acceptors (Lipinski definition) is 5. The van der Waals surface area contributed by atoms with Crippen molar-refractivity contribution in [3.05, 3.63) is 41.3 Å². The van der Waals surface area contributed by atoms with Crippen molar-refractivity contribution in [2.75, 3.05) is 20.3 Å². The number of carbonyl (C=O) groups is 1. The fraction of sp³-hybridized carbons (Fsp3) is 0.474. The van der Waals surface area contributed by atoms with Crippen molar-refractivity contribution in [3.63, 3.8) is 0 Å². The van der Waals surface area contributed by atoms with Crippen LogP contribution in [-0.2, 0) is 13.0 Å². The zero-order valence-corrected chi connectivity index (χ0v) is 15.4. The first-order valence-electron chi connectivity index (χ1n) is 8.93. The Labute approximate surface area is 153 Å². The Morgan fingerprint density at radius 1 is 1.27 bits per heavy atom. The number of nitrogens with zero attached hydrogens (tertiary/aromatic N) is 2. The predicted octanol–water partition coefficient (Wildman–Crippen LogP) is 3.30. The second-order valence-electron chi connectivity index (χ2n) is 6.38. The van der Waals surface area contributed by atoms with E-state index < -0.39 is 0 Å². The topological polar surface area (TPSA) is 76.8 Å². The van der Waals surface area contributed by atoms with Crippen LogP contribution in [0.4, 0.5) is 4.79 Å². The van der Waals surface area contributed by atoms with Crippen LogP contribution in [0.2, 0.25) is 0 Å². The molecule has 3 rings (SSSR count). The van der Waals surface area contributed by atoms with Crippen LogP contribution in [0.25, 0.3) is 0 Å². The first-order valence-corrected chi connectivity index (χ1v) is 8.93. The van der Waals surface area contributed by atoms with E-state index in [2.05, 4.69) is 17.4 Å². The fourth-order valence-electron chi connectivity index (χ4n) is 2.82. The third kappa shape index (κ3) is 4.09. The van der Waals surface area contributed by atoms with Gasteiger partial charge in [0.15, 0.2) is 17.3 Å². The van der Waals surface area contributed by atoms with Gasteiger partial charge in [0.1, 0.15) is 13.2 Å². The maximum atomic E-state index is 12.4. The van der Waals surface area contributed by atoms with Crippen LogP contribution in [0.5, 0.6) is 11.5 Å². The summed E-state index contributed by atoms with van der Waals surface area (Å²) >= 11 is 0. The number of hydrogen-bond donors (Lipinski definition) is 1. The number of urea groups is 1. The SMILES string of the molecule is CCCc1cc(CNC(=O)N(C)[C@@H](C)c2ccc3c(c2)OCCO3)on1. The molecule has 0 spiro atoms. The minimum Gasteiger partial charge on any atom is -0.486 e. The summed E-state index contributed by atoms with van der Waals surface area (Å²) in [5, 5.41) is 6.85. The third-order valence-corrected chi connectivity index (χ3v) is 4.48. The summed E-state index contributed by atoms with van der Waals surface area (Å²) in [6.07, 6.45) is 1.88. The molecule has 1 N–H and O–H groups in total. The molecule has 7 nitrogen and oxygen atoms in total. The molecule has 26 heavy (non-hydrogen) atoms. The van der Waals surface area contributed by atoms with Crippen molar-refractivity contribution in [2.45, 2.75) is 39.3 Å². The molecule has 1 aliphatic heterocycles. The number of benzene rings is 1. The molecule has 0 aliphatic carbocycles. The van der Waals surface area contributed by atoms with E-state index in [4.69, 9.17) is 14.0 Å². The van der Waals surface area contributed by atoms with Gasteiger partial charge in [0.25, 0.3) is 0 Å². The van der Waals surface area contributed by atoms with Gasteiger partial charge in [-0.3, -0.25) is 0 Å². The van der Waals surface area contributed by atoms with Crippen LogP contribution in [0, 0.1) is 0 Å². The average molecular weight is 359 g/mol. The highest BCUT2D eigenvalue weighted by molar-refractivity contribution is 5.74. The summed E-state index contributed by atoms with van der Waals surface area (Å²) in [6.45, 7) is 5.47. The summed E-state index contributed by atoms with van der Waals surface area (Å²) < 4.78 is 16.4. The van der Waals surface area contributed by atoms with E-state index in [1.807, 2.05) is 31.2 Å². The van der Waals surface area contributed by atoms with Crippen molar-refractivity contribution in [1.29, 1.82) is 0 Å². The Balaban J connectivity index is 1.58. The number of aromatic nitrogens is 1. The molecule has 1 aromatic carbocycles. The van der Waals surface area contributed by atoms with Crippen LogP contribution in [0.3, 0.4) is 0 Å². The number of nitrogens with one attached hydrogen (secondary N) is 1. The average Bonchev–Trinajstić information content (AvgIpc) is 3.12. The van der Waals surface area contributed by atoms with Gasteiger partial charge in [-0.25, -0.2) is 4.79 Å². The third-order valence-electron chi connectivity index (χ3n) is 4.48. The summed E-state index contributed by atoms with van der Waals surface area (Å²) in [5.41, 5.74) is 1.89. The minimum atomic E-state index is -0.180. The van der Waals surface area contributed by atoms with E-state index >= 15 is 0 Å². The number of aryl methyl sites for hydroxylation is 1. The lowest BCUT2D eigenvalue weighted by Crippen LogP contribution is -2.38. The lowest BCUT2D eigenvalue weighted by molar-refractivity contribution is 0.170. The molecular formula is C19H25N3O4. The van der Waals surface area contributed by atoms with Crippen molar-refractivity contribution in [1.82, 2.24) is 15.4 Å². The second kappa shape index (κ2) is 8.12. The number of amides is 2. The van der Waals surface area contributed by atoms with Crippen LogP contribution in [0.15, 0.2) is 28.8 Å². The molecule has 0 unspecified atom stereocenters. The highest BCUT2D eigenvalue weighted by atomic mass is 16.6. The van der Waals surface area contributed by atoms with Crippen molar-refractivity contribution < 1.29 is 18.8 Å². The molecule has 1 atom stereocenters. The van der Waals surface area contributed by atoms with Crippen LogP contribution in [0.1, 0.15) is 43.3 Å². The number of ether oxygens (including phenoxy) is 2. The van der Waals surface area contributed by atoms with Crippen LogP contribution in [-0.4, -0.2) is 36.3 Å². The number of carbonyl (C=O) groups excluding carboxylic acids is 1. The number of rotatable bonds is 6. The molecule has 140 valence electrons. The van der Waals surface area contributed by atoms with Gasteiger partial charge >= 0.3 is 6.03 Å². The van der Waals surface area contributed by atoms with Gasteiger partial charge < -0.3 is 24.2 Å². The van der Waals surface area contributed by atoms with Gasteiger partial charge in [0.05, 0.1) is 18.3 Å². The molecular weight excluding hydrogens is 334 g/mol. The Morgan fingerprint density at radius 3 is 2.81 bits per heavy atom. The molecule has 1 aliphatic rings. The molecule has 0 saturated carbocycles. The van der Waals surface area contributed by atoms with E-state index in [0.29, 0.717) is 25.5 Å². The molecule has 0 radical (unpaired) electrons. The lowest BCUT2D eigenvalue weighted by atomic mass is 10.1. The zero-order chi connectivity index (χ0) is 18.5. The Bertz CT molecular complexity index is 759. The van der Waals surface area contributed by atoms with E-state index in [1.165, 1.54) is 0 Å². The normalized spacial score (nSPS) is 14.0. The Morgan fingerprint density at radius 2 is 2.04 bits per heavy atom. The highest BCUT2D eigenvalue weighted by Gasteiger charge is 2.20. The van der Waals surface area contributed by atoms with E-state index in [0.717, 1.165) is 35.6 Å². The van der Waals surface area contributed by atoms with Crippen molar-refractivity contribution in [2.24, 2.45) is 0 Å². The van der Waals surface area contributed by atoms with E-state index in [-0.39, 0.29) is 12.1 Å². The van der Waals surface area contributed by atoms with Gasteiger partial charge in [-0.1, -0.05) is 24.6 Å². The first-order chi connectivity index (χ1) is 12.6. The molecule has 2 amide bonds. The maximum absolute atomic E-state index is 12.4. The van der Waals surface area contributed by atoms with Crippen LogP contribution >= 0.6 is 0 Å². The van der Waals surface area contributed by atoms with Gasteiger partial charge in [0, 0.05) is 13.1 Å². The Hall–Kier alpha value is -2.70. The fourth-order valence-corrected chi connectivity index (χ4v) is 2.82. The monoisotopic (exact) mass is 359 g/mol. The van der Waals surface area contributed by atoms with Crippen LogP contribution < -0.4 is 14.8 Å². The summed E-state index contributed by atoms with van der Waals surface area (Å²) in [7, 11) is 1.76. The Kier molecular flexibility index (Phi) is 5.65. The standard InChI is InChI=1S/C19H25N3O4/c1-4-5-15-11-16(26-21-15)12-20-19(23)22(3)13(2)14-6-7-17-18(10-14)25-9-8-24-17/h6-7,10-11,13H,4-5,8-9,12H2,1-3H3,(H,20,23)/t13-/m0/s1. The molecule has 0 saturated heterocycles. The van der Waals surface area contributed by atoms with E-state index in [9.17, 15) is 4.79 Å². The predicted molar refractivity (Wildman–Crippen MR) is 96.3 cm³/mol. The molecule has 0 bridgehead atoms. The highest BCUT2D eigenvalue weighted by Crippen LogP contribution is 2.33. The van der Waals surface area contributed by atoms with Gasteiger partial charge in [-0.15, -0.1) is 0 Å². The molecule has 1 aromatic heterocycles. The van der Waals surface area contributed by atoms with E-state index in [1.54, 1.807) is 11.9 Å². The summed E-state index contributed by atoms with van der Waals surface area (Å²) in [4.78, 5) is 14.1. The first kappa shape index (κ1) is 18.1. The zero-order valence-electron chi connectivity index (χ0n) is 15.4. The molecule has 7 heteroatoms. The van der Waals surface area contributed by atoms with Gasteiger partial charge in [0.2, 0.25) is 0 Å².